The Morgan fingerprint density at radius 3 is 2.59 bits per heavy atom. The Morgan fingerprint density at radius 2 is 1.86 bits per heavy atom. The van der Waals surface area contributed by atoms with E-state index >= 15 is 0 Å². The minimum atomic E-state index is -0.201. The minimum absolute atomic E-state index is 0.201. The summed E-state index contributed by atoms with van der Waals surface area (Å²) >= 11 is 0. The summed E-state index contributed by atoms with van der Waals surface area (Å²) in [6.07, 6.45) is 7.37. The average molecular weight is 301 g/mol. The standard InChI is InChI=1S/C18H27N3O/c1-4-5-6-7-8-11-18(2,3)22-13-9-10-14-15(12-13)17(20)21-16(14)19/h9-10,12H,4-8,11H2,1-3H3,(H3,19,20,21). The molecule has 0 spiro atoms. The van der Waals surface area contributed by atoms with Crippen molar-refractivity contribution in [3.8, 4) is 5.75 Å². The molecule has 1 aliphatic rings. The van der Waals surface area contributed by atoms with Crippen LogP contribution in [0.2, 0.25) is 0 Å². The molecule has 1 heterocycles. The van der Waals surface area contributed by atoms with Crippen molar-refractivity contribution in [1.29, 1.82) is 5.41 Å². The lowest BCUT2D eigenvalue weighted by atomic mass is 9.99. The Bertz CT molecular complexity index is 576. The lowest BCUT2D eigenvalue weighted by Gasteiger charge is -2.27. The van der Waals surface area contributed by atoms with E-state index in [0.29, 0.717) is 5.84 Å². The normalized spacial score (nSPS) is 14.0. The topological polar surface area (TPSA) is 71.5 Å². The lowest BCUT2D eigenvalue weighted by Crippen LogP contribution is -2.28. The molecule has 1 aromatic carbocycles. The van der Waals surface area contributed by atoms with Gasteiger partial charge in [-0.3, -0.25) is 5.41 Å². The van der Waals surface area contributed by atoms with Gasteiger partial charge in [0.25, 0.3) is 0 Å². The van der Waals surface area contributed by atoms with Crippen LogP contribution in [-0.2, 0) is 0 Å². The number of amidine groups is 2. The van der Waals surface area contributed by atoms with Gasteiger partial charge < -0.3 is 10.5 Å². The molecule has 0 fully saturated rings. The van der Waals surface area contributed by atoms with Gasteiger partial charge in [-0.15, -0.1) is 0 Å². The van der Waals surface area contributed by atoms with Crippen LogP contribution in [0.3, 0.4) is 0 Å². The molecule has 120 valence electrons. The van der Waals surface area contributed by atoms with Gasteiger partial charge >= 0.3 is 0 Å². The van der Waals surface area contributed by atoms with Crippen LogP contribution in [0, 0.1) is 5.41 Å². The first-order chi connectivity index (χ1) is 10.4. The van der Waals surface area contributed by atoms with Crippen molar-refractivity contribution in [2.45, 2.75) is 64.9 Å². The minimum Gasteiger partial charge on any atom is -0.488 e. The van der Waals surface area contributed by atoms with Crippen LogP contribution >= 0.6 is 0 Å². The van der Waals surface area contributed by atoms with Gasteiger partial charge in [0, 0.05) is 11.1 Å². The van der Waals surface area contributed by atoms with Crippen LogP contribution in [0.4, 0.5) is 0 Å². The number of ether oxygens (including phenoxy) is 1. The number of benzene rings is 1. The van der Waals surface area contributed by atoms with Crippen molar-refractivity contribution >= 4 is 11.7 Å². The third kappa shape index (κ3) is 4.09. The summed E-state index contributed by atoms with van der Waals surface area (Å²) in [5.74, 6) is 1.42. The van der Waals surface area contributed by atoms with Crippen molar-refractivity contribution in [3.63, 3.8) is 0 Å². The van der Waals surface area contributed by atoms with E-state index in [1.54, 1.807) is 0 Å². The molecule has 3 N–H and O–H groups in total. The molecule has 1 aliphatic heterocycles. The van der Waals surface area contributed by atoms with E-state index in [4.69, 9.17) is 15.9 Å². The van der Waals surface area contributed by atoms with E-state index in [2.05, 4.69) is 25.8 Å². The van der Waals surface area contributed by atoms with Crippen molar-refractivity contribution in [1.82, 2.24) is 0 Å². The lowest BCUT2D eigenvalue weighted by molar-refractivity contribution is 0.0960. The van der Waals surface area contributed by atoms with Gasteiger partial charge in [0.1, 0.15) is 17.2 Å². The summed E-state index contributed by atoms with van der Waals surface area (Å²) in [6, 6.07) is 5.68. The number of hydrogen-bond acceptors (Lipinski definition) is 3. The fraction of sp³-hybridized carbons (Fsp3) is 0.556. The molecule has 4 nitrogen and oxygen atoms in total. The van der Waals surface area contributed by atoms with Crippen LogP contribution in [0.25, 0.3) is 0 Å². The highest BCUT2D eigenvalue weighted by Crippen LogP contribution is 2.27. The molecule has 0 aromatic heterocycles. The fourth-order valence-corrected chi connectivity index (χ4v) is 2.77. The predicted molar refractivity (Wildman–Crippen MR) is 92.1 cm³/mol. The Kier molecular flexibility index (Phi) is 5.22. The summed E-state index contributed by atoms with van der Waals surface area (Å²) in [6.45, 7) is 6.47. The summed E-state index contributed by atoms with van der Waals surface area (Å²) in [5, 5.41) is 7.84. The summed E-state index contributed by atoms with van der Waals surface area (Å²) < 4.78 is 6.13. The van der Waals surface area contributed by atoms with Crippen LogP contribution in [0.1, 0.15) is 70.4 Å². The highest BCUT2D eigenvalue weighted by Gasteiger charge is 2.23. The summed E-state index contributed by atoms with van der Waals surface area (Å²) in [5.41, 5.74) is 7.17. The zero-order chi connectivity index (χ0) is 16.2. The Labute approximate surface area is 133 Å². The Balaban J connectivity index is 1.93. The maximum absolute atomic E-state index is 7.84. The maximum Gasteiger partial charge on any atom is 0.155 e. The van der Waals surface area contributed by atoms with Crippen molar-refractivity contribution in [2.75, 3.05) is 0 Å². The van der Waals surface area contributed by atoms with Crippen LogP contribution < -0.4 is 10.5 Å². The molecular formula is C18H27N3O. The second-order valence-corrected chi connectivity index (χ2v) is 6.58. The first-order valence-corrected chi connectivity index (χ1v) is 8.19. The molecule has 0 saturated heterocycles. The fourth-order valence-electron chi connectivity index (χ4n) is 2.77. The third-order valence-corrected chi connectivity index (χ3v) is 4.03. The van der Waals surface area contributed by atoms with Crippen molar-refractivity contribution in [3.05, 3.63) is 29.3 Å². The molecule has 0 unspecified atom stereocenters. The molecule has 0 radical (unpaired) electrons. The third-order valence-electron chi connectivity index (χ3n) is 4.03. The van der Waals surface area contributed by atoms with Gasteiger partial charge in [-0.2, -0.15) is 0 Å². The van der Waals surface area contributed by atoms with Gasteiger partial charge in [-0.05, 0) is 44.9 Å². The smallest absolute Gasteiger partial charge is 0.155 e. The van der Waals surface area contributed by atoms with E-state index in [9.17, 15) is 0 Å². The van der Waals surface area contributed by atoms with E-state index in [-0.39, 0.29) is 11.4 Å². The molecular weight excluding hydrogens is 274 g/mol. The Hall–Kier alpha value is -1.84. The van der Waals surface area contributed by atoms with Crippen molar-refractivity contribution < 1.29 is 4.74 Å². The van der Waals surface area contributed by atoms with Gasteiger partial charge in [0.15, 0.2) is 5.84 Å². The van der Waals surface area contributed by atoms with Gasteiger partial charge in [0.05, 0.1) is 0 Å². The number of nitrogens with two attached hydrogens (primary N) is 1. The van der Waals surface area contributed by atoms with E-state index in [1.165, 1.54) is 32.1 Å². The van der Waals surface area contributed by atoms with Crippen LogP contribution in [0.15, 0.2) is 23.2 Å². The zero-order valence-electron chi connectivity index (χ0n) is 13.9. The number of fused-ring (bicyclic) bond motifs is 1. The highest BCUT2D eigenvalue weighted by atomic mass is 16.5. The second kappa shape index (κ2) is 6.95. The van der Waals surface area contributed by atoms with Crippen LogP contribution in [0.5, 0.6) is 5.75 Å². The molecule has 0 amide bonds. The highest BCUT2D eigenvalue weighted by molar-refractivity contribution is 6.20. The second-order valence-electron chi connectivity index (χ2n) is 6.58. The molecule has 0 bridgehead atoms. The van der Waals surface area contributed by atoms with E-state index in [0.717, 1.165) is 23.3 Å². The molecule has 2 rings (SSSR count). The number of nitrogens with one attached hydrogen (secondary N) is 1. The quantitative estimate of drug-likeness (QED) is 0.705. The number of hydrogen-bond donors (Lipinski definition) is 2. The molecule has 4 heteroatoms. The van der Waals surface area contributed by atoms with Crippen LogP contribution in [-0.4, -0.2) is 17.3 Å². The monoisotopic (exact) mass is 301 g/mol. The molecule has 1 aromatic rings. The molecule has 0 atom stereocenters. The van der Waals surface area contributed by atoms with E-state index in [1.807, 2.05) is 18.2 Å². The first kappa shape index (κ1) is 16.5. The maximum atomic E-state index is 7.84. The SMILES string of the molecule is CCCCCCCC(C)(C)Oc1ccc2c(c1)C(=N)N=C2N. The zero-order valence-corrected chi connectivity index (χ0v) is 13.9. The van der Waals surface area contributed by atoms with Gasteiger partial charge in [0.2, 0.25) is 0 Å². The van der Waals surface area contributed by atoms with E-state index < -0.39 is 0 Å². The summed E-state index contributed by atoms with van der Waals surface area (Å²) in [7, 11) is 0. The molecule has 22 heavy (non-hydrogen) atoms. The van der Waals surface area contributed by atoms with Gasteiger partial charge in [-0.1, -0.05) is 32.6 Å². The van der Waals surface area contributed by atoms with Gasteiger partial charge in [-0.25, -0.2) is 4.99 Å². The number of nitrogens with zero attached hydrogens (tertiary/aromatic N) is 1. The Morgan fingerprint density at radius 1 is 1.14 bits per heavy atom. The largest absolute Gasteiger partial charge is 0.488 e. The number of unbranched alkanes of at least 4 members (excludes halogenated alkanes) is 4. The average Bonchev–Trinajstić information content (AvgIpc) is 2.73. The van der Waals surface area contributed by atoms with Crippen molar-refractivity contribution in [2.24, 2.45) is 10.7 Å². The predicted octanol–water partition coefficient (Wildman–Crippen LogP) is 4.25. The first-order valence-electron chi connectivity index (χ1n) is 8.19. The summed E-state index contributed by atoms with van der Waals surface area (Å²) in [4.78, 5) is 3.99. The number of rotatable bonds is 8. The molecule has 0 saturated carbocycles. The molecule has 0 aliphatic carbocycles. The number of aliphatic imine (C=N–C) groups is 1.